The van der Waals surface area contributed by atoms with E-state index in [0.717, 1.165) is 44.2 Å². The van der Waals surface area contributed by atoms with Crippen molar-refractivity contribution in [3.05, 3.63) is 23.8 Å². The maximum Gasteiger partial charge on any atom is 0.142 e. The van der Waals surface area contributed by atoms with Gasteiger partial charge in [0.25, 0.3) is 0 Å². The second kappa shape index (κ2) is 6.67. The summed E-state index contributed by atoms with van der Waals surface area (Å²) in [4.78, 5) is 2.54. The monoisotopic (exact) mass is 290 g/mol. The number of benzene rings is 1. The zero-order valence-corrected chi connectivity index (χ0v) is 12.9. The van der Waals surface area contributed by atoms with E-state index in [1.807, 2.05) is 12.1 Å². The zero-order valence-electron chi connectivity index (χ0n) is 12.9. The zero-order chi connectivity index (χ0) is 14.7. The fourth-order valence-corrected chi connectivity index (χ4v) is 3.45. The normalized spacial score (nSPS) is 27.5. The average Bonchev–Trinajstić information content (AvgIpc) is 2.52. The lowest BCUT2D eigenvalue weighted by Crippen LogP contribution is -2.52. The van der Waals surface area contributed by atoms with Gasteiger partial charge in [-0.15, -0.1) is 0 Å². The van der Waals surface area contributed by atoms with Crippen LogP contribution in [0.25, 0.3) is 0 Å². The smallest absolute Gasteiger partial charge is 0.142 e. The van der Waals surface area contributed by atoms with Gasteiger partial charge in [-0.3, -0.25) is 4.90 Å². The predicted octanol–water partition coefficient (Wildman–Crippen LogP) is 2.60. The second-order valence-electron chi connectivity index (χ2n) is 6.20. The highest BCUT2D eigenvalue weighted by atomic mass is 16.5. The van der Waals surface area contributed by atoms with Gasteiger partial charge in [-0.1, -0.05) is 12.5 Å². The Morgan fingerprint density at radius 1 is 1.19 bits per heavy atom. The Balaban J connectivity index is 1.73. The third-order valence-corrected chi connectivity index (χ3v) is 4.63. The molecule has 1 aliphatic heterocycles. The minimum Gasteiger partial charge on any atom is -0.487 e. The van der Waals surface area contributed by atoms with Crippen LogP contribution in [0, 0.1) is 6.92 Å². The van der Waals surface area contributed by atoms with Crippen molar-refractivity contribution in [3.63, 3.8) is 0 Å². The molecule has 3 rings (SSSR count). The molecule has 0 bridgehead atoms. The van der Waals surface area contributed by atoms with Gasteiger partial charge in [-0.25, -0.2) is 0 Å². The van der Waals surface area contributed by atoms with E-state index in [1.54, 1.807) is 0 Å². The largest absolute Gasteiger partial charge is 0.487 e. The van der Waals surface area contributed by atoms with E-state index < -0.39 is 0 Å². The number of nitrogens with two attached hydrogens (primary N) is 1. The second-order valence-corrected chi connectivity index (χ2v) is 6.20. The van der Waals surface area contributed by atoms with Crippen molar-refractivity contribution in [2.24, 2.45) is 0 Å². The van der Waals surface area contributed by atoms with E-state index in [1.165, 1.54) is 24.8 Å². The van der Waals surface area contributed by atoms with Gasteiger partial charge in [-0.2, -0.15) is 0 Å². The molecular weight excluding hydrogens is 264 g/mol. The van der Waals surface area contributed by atoms with Gasteiger partial charge in [0.15, 0.2) is 0 Å². The fourth-order valence-electron chi connectivity index (χ4n) is 3.45. The van der Waals surface area contributed by atoms with Crippen molar-refractivity contribution < 1.29 is 9.47 Å². The van der Waals surface area contributed by atoms with E-state index >= 15 is 0 Å². The number of rotatable bonds is 3. The number of morpholine rings is 1. The van der Waals surface area contributed by atoms with Gasteiger partial charge in [0.2, 0.25) is 0 Å². The molecule has 1 aliphatic carbocycles. The molecule has 2 atom stereocenters. The third-order valence-electron chi connectivity index (χ3n) is 4.63. The van der Waals surface area contributed by atoms with Crippen molar-refractivity contribution in [1.29, 1.82) is 0 Å². The van der Waals surface area contributed by atoms with Gasteiger partial charge < -0.3 is 15.2 Å². The van der Waals surface area contributed by atoms with Crippen LogP contribution in [0.15, 0.2) is 18.2 Å². The SMILES string of the molecule is Cc1ccc(N)c(OC2CCCCC2N2CCOCC2)c1. The third kappa shape index (κ3) is 3.50. The van der Waals surface area contributed by atoms with Crippen LogP contribution in [0.5, 0.6) is 5.75 Å². The van der Waals surface area contributed by atoms with Gasteiger partial charge in [0, 0.05) is 19.1 Å². The first kappa shape index (κ1) is 14.7. The molecule has 2 aliphatic rings. The molecule has 1 aromatic carbocycles. The summed E-state index contributed by atoms with van der Waals surface area (Å²) >= 11 is 0. The van der Waals surface area contributed by atoms with Crippen LogP contribution in [-0.4, -0.2) is 43.3 Å². The minimum atomic E-state index is 0.251. The standard InChI is InChI=1S/C17H26N2O2/c1-13-6-7-14(18)17(12-13)21-16-5-3-2-4-15(16)19-8-10-20-11-9-19/h6-7,12,15-16H,2-5,8-11,18H2,1H3. The summed E-state index contributed by atoms with van der Waals surface area (Å²) in [6.45, 7) is 5.81. The van der Waals surface area contributed by atoms with Gasteiger partial charge >= 0.3 is 0 Å². The molecule has 0 radical (unpaired) electrons. The predicted molar refractivity (Wildman–Crippen MR) is 84.7 cm³/mol. The van der Waals surface area contributed by atoms with Crippen molar-refractivity contribution in [2.45, 2.75) is 44.8 Å². The summed E-state index contributed by atoms with van der Waals surface area (Å²) in [6, 6.07) is 6.53. The molecule has 0 spiro atoms. The molecule has 1 saturated carbocycles. The lowest BCUT2D eigenvalue weighted by Gasteiger charge is -2.41. The van der Waals surface area contributed by atoms with Crippen LogP contribution in [0.1, 0.15) is 31.2 Å². The highest BCUT2D eigenvalue weighted by Crippen LogP contribution is 2.31. The summed E-state index contributed by atoms with van der Waals surface area (Å²) in [7, 11) is 0. The molecule has 2 unspecified atom stereocenters. The van der Waals surface area contributed by atoms with Crippen LogP contribution in [0.3, 0.4) is 0 Å². The van der Waals surface area contributed by atoms with Crippen LogP contribution in [-0.2, 0) is 4.74 Å². The Morgan fingerprint density at radius 2 is 1.95 bits per heavy atom. The van der Waals surface area contributed by atoms with Crippen LogP contribution in [0.2, 0.25) is 0 Å². The van der Waals surface area contributed by atoms with Crippen molar-refractivity contribution in [1.82, 2.24) is 4.90 Å². The van der Waals surface area contributed by atoms with Crippen molar-refractivity contribution in [2.75, 3.05) is 32.0 Å². The molecule has 2 fully saturated rings. The molecule has 1 saturated heterocycles. The number of hydrogen-bond donors (Lipinski definition) is 1. The molecule has 4 nitrogen and oxygen atoms in total. The van der Waals surface area contributed by atoms with E-state index in [-0.39, 0.29) is 6.10 Å². The molecule has 1 aromatic rings. The van der Waals surface area contributed by atoms with Crippen molar-refractivity contribution in [3.8, 4) is 5.75 Å². The summed E-state index contributed by atoms with van der Waals surface area (Å²) in [5.41, 5.74) is 8.01. The Bertz CT molecular complexity index is 472. The summed E-state index contributed by atoms with van der Waals surface area (Å²) in [5.74, 6) is 0.847. The number of anilines is 1. The maximum atomic E-state index is 6.33. The lowest BCUT2D eigenvalue weighted by molar-refractivity contribution is -0.0279. The van der Waals surface area contributed by atoms with Crippen LogP contribution < -0.4 is 10.5 Å². The molecule has 0 aromatic heterocycles. The first-order valence-corrected chi connectivity index (χ1v) is 8.08. The van der Waals surface area contributed by atoms with E-state index in [9.17, 15) is 0 Å². The quantitative estimate of drug-likeness (QED) is 0.869. The van der Waals surface area contributed by atoms with Gasteiger partial charge in [0.1, 0.15) is 11.9 Å². The Kier molecular flexibility index (Phi) is 4.66. The average molecular weight is 290 g/mol. The topological polar surface area (TPSA) is 47.7 Å². The summed E-state index contributed by atoms with van der Waals surface area (Å²) in [5, 5.41) is 0. The first-order chi connectivity index (χ1) is 10.2. The molecule has 2 N–H and O–H groups in total. The van der Waals surface area contributed by atoms with E-state index in [2.05, 4.69) is 17.9 Å². The summed E-state index contributed by atoms with van der Waals surface area (Å²) < 4.78 is 11.8. The number of nitrogen functional groups attached to an aromatic ring is 1. The number of hydrogen-bond acceptors (Lipinski definition) is 4. The number of ether oxygens (including phenoxy) is 2. The van der Waals surface area contributed by atoms with Gasteiger partial charge in [0.05, 0.1) is 18.9 Å². The molecular formula is C17H26N2O2. The molecule has 1 heterocycles. The highest BCUT2D eigenvalue weighted by molar-refractivity contribution is 5.53. The molecule has 0 amide bonds. The lowest BCUT2D eigenvalue weighted by atomic mass is 9.91. The molecule has 21 heavy (non-hydrogen) atoms. The minimum absolute atomic E-state index is 0.251. The Labute approximate surface area is 127 Å². The summed E-state index contributed by atoms with van der Waals surface area (Å²) in [6.07, 6.45) is 5.13. The molecule has 116 valence electrons. The number of nitrogens with zero attached hydrogens (tertiary/aromatic N) is 1. The fraction of sp³-hybridized carbons (Fsp3) is 0.647. The van der Waals surface area contributed by atoms with E-state index in [4.69, 9.17) is 15.2 Å². The Morgan fingerprint density at radius 3 is 2.76 bits per heavy atom. The maximum absolute atomic E-state index is 6.33. The first-order valence-electron chi connectivity index (χ1n) is 8.08. The van der Waals surface area contributed by atoms with E-state index in [0.29, 0.717) is 6.04 Å². The highest BCUT2D eigenvalue weighted by Gasteiger charge is 2.32. The van der Waals surface area contributed by atoms with Crippen molar-refractivity contribution >= 4 is 5.69 Å². The van der Waals surface area contributed by atoms with Crippen LogP contribution >= 0.6 is 0 Å². The van der Waals surface area contributed by atoms with Gasteiger partial charge in [-0.05, 0) is 43.9 Å². The Hall–Kier alpha value is -1.26. The molecule has 4 heteroatoms. The van der Waals surface area contributed by atoms with Crippen LogP contribution in [0.4, 0.5) is 5.69 Å². The number of aryl methyl sites for hydroxylation is 1.